The van der Waals surface area contributed by atoms with Crippen LogP contribution in [0.2, 0.25) is 0 Å². The normalized spacial score (nSPS) is 22.5. The highest BCUT2D eigenvalue weighted by Gasteiger charge is 2.28. The molecule has 0 aromatic rings. The Bertz CT molecular complexity index is 338. The number of carbonyl (C=O) groups is 2. The molecule has 0 saturated carbocycles. The maximum absolute atomic E-state index is 11.8. The van der Waals surface area contributed by atoms with E-state index in [9.17, 15) is 9.59 Å². The molecule has 0 aromatic heterocycles. The van der Waals surface area contributed by atoms with Crippen LogP contribution >= 0.6 is 12.4 Å². The van der Waals surface area contributed by atoms with Crippen LogP contribution < -0.4 is 16.4 Å². The van der Waals surface area contributed by atoms with E-state index < -0.39 is 6.03 Å². The first-order valence-corrected chi connectivity index (χ1v) is 6.71. The fourth-order valence-electron chi connectivity index (χ4n) is 2.47. The number of urea groups is 1. The van der Waals surface area contributed by atoms with Gasteiger partial charge in [0, 0.05) is 19.1 Å². The zero-order valence-electron chi connectivity index (χ0n) is 11.9. The third-order valence-electron chi connectivity index (χ3n) is 3.48. The quantitative estimate of drug-likeness (QED) is 0.645. The number of imide groups is 1. The van der Waals surface area contributed by atoms with Crippen LogP contribution in [0.15, 0.2) is 12.7 Å². The summed E-state index contributed by atoms with van der Waals surface area (Å²) in [5.41, 5.74) is 5.76. The van der Waals surface area contributed by atoms with Crippen LogP contribution in [0.3, 0.4) is 0 Å². The molecular formula is C13H25ClN4O2. The number of carbonyl (C=O) groups excluding carboxylic acids is 2. The van der Waals surface area contributed by atoms with Crippen LogP contribution in [0, 0.1) is 5.92 Å². The summed E-state index contributed by atoms with van der Waals surface area (Å²) in [4.78, 5) is 25.2. The highest BCUT2D eigenvalue weighted by molar-refractivity contribution is 5.95. The fourth-order valence-corrected chi connectivity index (χ4v) is 2.47. The van der Waals surface area contributed by atoms with Crippen molar-refractivity contribution in [1.29, 1.82) is 0 Å². The number of nitrogens with two attached hydrogens (primary N) is 1. The first kappa shape index (κ1) is 18.9. The number of piperidine rings is 1. The average Bonchev–Trinajstić information content (AvgIpc) is 2.36. The number of likely N-dealkylation sites (tertiary alicyclic amines) is 1. The Labute approximate surface area is 126 Å². The van der Waals surface area contributed by atoms with E-state index in [1.54, 1.807) is 6.08 Å². The summed E-state index contributed by atoms with van der Waals surface area (Å²) in [6.45, 7) is 7.58. The molecule has 2 unspecified atom stereocenters. The molecule has 4 N–H and O–H groups in total. The Balaban J connectivity index is 0.00000361. The third kappa shape index (κ3) is 5.90. The minimum Gasteiger partial charge on any atom is -0.334 e. The first-order chi connectivity index (χ1) is 9.08. The lowest BCUT2D eigenvalue weighted by Crippen LogP contribution is -2.53. The van der Waals surface area contributed by atoms with E-state index in [4.69, 9.17) is 5.73 Å². The van der Waals surface area contributed by atoms with Gasteiger partial charge in [-0.05, 0) is 25.3 Å². The average molecular weight is 305 g/mol. The van der Waals surface area contributed by atoms with E-state index in [2.05, 4.69) is 29.0 Å². The van der Waals surface area contributed by atoms with Crippen molar-refractivity contribution >= 4 is 24.3 Å². The maximum atomic E-state index is 11.8. The lowest BCUT2D eigenvalue weighted by Gasteiger charge is -2.38. The largest absolute Gasteiger partial charge is 0.334 e. The van der Waals surface area contributed by atoms with Gasteiger partial charge in [0.25, 0.3) is 0 Å². The van der Waals surface area contributed by atoms with Gasteiger partial charge in [-0.2, -0.15) is 0 Å². The molecule has 6 nitrogen and oxygen atoms in total. The Kier molecular flexibility index (Phi) is 9.20. The molecule has 7 heteroatoms. The third-order valence-corrected chi connectivity index (χ3v) is 3.48. The minimum absolute atomic E-state index is 0. The van der Waals surface area contributed by atoms with Crippen molar-refractivity contribution in [2.45, 2.75) is 25.8 Å². The molecule has 0 radical (unpaired) electrons. The van der Waals surface area contributed by atoms with Gasteiger partial charge in [0.1, 0.15) is 0 Å². The second kappa shape index (κ2) is 9.74. The summed E-state index contributed by atoms with van der Waals surface area (Å²) >= 11 is 0. The van der Waals surface area contributed by atoms with Gasteiger partial charge >= 0.3 is 6.03 Å². The van der Waals surface area contributed by atoms with Crippen molar-refractivity contribution in [3.63, 3.8) is 0 Å². The Hall–Kier alpha value is -1.11. The molecule has 1 heterocycles. The van der Waals surface area contributed by atoms with Crippen molar-refractivity contribution in [2.75, 3.05) is 26.2 Å². The van der Waals surface area contributed by atoms with Crippen molar-refractivity contribution in [3.8, 4) is 0 Å². The van der Waals surface area contributed by atoms with E-state index >= 15 is 0 Å². The first-order valence-electron chi connectivity index (χ1n) is 6.71. The summed E-state index contributed by atoms with van der Waals surface area (Å²) in [6, 6.07) is -0.269. The van der Waals surface area contributed by atoms with Crippen LogP contribution in [0.1, 0.15) is 19.8 Å². The lowest BCUT2D eigenvalue weighted by molar-refractivity contribution is -0.122. The second-order valence-corrected chi connectivity index (χ2v) is 4.94. The molecule has 1 fully saturated rings. The van der Waals surface area contributed by atoms with Gasteiger partial charge in [-0.3, -0.25) is 15.0 Å². The molecule has 1 aliphatic rings. The van der Waals surface area contributed by atoms with Crippen molar-refractivity contribution < 1.29 is 9.59 Å². The van der Waals surface area contributed by atoms with Crippen LogP contribution in [0.5, 0.6) is 0 Å². The molecule has 0 bridgehead atoms. The summed E-state index contributed by atoms with van der Waals surface area (Å²) in [5.74, 6) is 0.190. The molecule has 116 valence electrons. The summed E-state index contributed by atoms with van der Waals surface area (Å²) in [5, 5.41) is 4.80. The van der Waals surface area contributed by atoms with Crippen LogP contribution in [-0.4, -0.2) is 49.1 Å². The summed E-state index contributed by atoms with van der Waals surface area (Å²) in [6.07, 6.45) is 3.76. The molecule has 2 atom stereocenters. The van der Waals surface area contributed by atoms with Crippen molar-refractivity contribution in [1.82, 2.24) is 15.5 Å². The Morgan fingerprint density at radius 1 is 1.50 bits per heavy atom. The lowest BCUT2D eigenvalue weighted by atomic mass is 9.91. The van der Waals surface area contributed by atoms with E-state index in [-0.39, 0.29) is 30.9 Å². The van der Waals surface area contributed by atoms with Gasteiger partial charge in [-0.25, -0.2) is 4.79 Å². The molecule has 3 amide bonds. The van der Waals surface area contributed by atoms with Crippen LogP contribution in [0.25, 0.3) is 0 Å². The predicted octanol–water partition coefficient (Wildman–Crippen LogP) is 0.479. The molecule has 0 spiro atoms. The second-order valence-electron chi connectivity index (χ2n) is 4.94. The molecule has 0 aliphatic carbocycles. The van der Waals surface area contributed by atoms with E-state index in [0.29, 0.717) is 19.0 Å². The van der Waals surface area contributed by atoms with Gasteiger partial charge in [-0.1, -0.05) is 13.0 Å². The highest BCUT2D eigenvalue weighted by Crippen LogP contribution is 2.21. The van der Waals surface area contributed by atoms with Gasteiger partial charge in [0.05, 0.1) is 6.54 Å². The highest BCUT2D eigenvalue weighted by atomic mass is 35.5. The van der Waals surface area contributed by atoms with Gasteiger partial charge in [0.2, 0.25) is 5.91 Å². The smallest absolute Gasteiger partial charge is 0.321 e. The number of nitrogens with zero attached hydrogens (tertiary/aromatic N) is 1. The summed E-state index contributed by atoms with van der Waals surface area (Å²) < 4.78 is 0. The minimum atomic E-state index is -0.487. The molecule has 1 saturated heterocycles. The Morgan fingerprint density at radius 3 is 2.80 bits per heavy atom. The standard InChI is InChI=1S/C13H24N4O2.ClH/c1-3-6-15-13(19)16-12(18)9-17-7-4-5-10(2)11(17)8-14;/h3,10-11H,1,4-9,14H2,2H3,(H2,15,16,18,19);1H. The zero-order chi connectivity index (χ0) is 14.3. The van der Waals surface area contributed by atoms with E-state index in [1.165, 1.54) is 0 Å². The van der Waals surface area contributed by atoms with Crippen molar-refractivity contribution in [3.05, 3.63) is 12.7 Å². The fraction of sp³-hybridized carbons (Fsp3) is 0.692. The number of nitrogens with one attached hydrogen (secondary N) is 2. The number of rotatable bonds is 5. The van der Waals surface area contributed by atoms with Crippen LogP contribution in [0.4, 0.5) is 4.79 Å². The molecule has 1 aliphatic heterocycles. The molecular weight excluding hydrogens is 280 g/mol. The molecule has 20 heavy (non-hydrogen) atoms. The Morgan fingerprint density at radius 2 is 2.20 bits per heavy atom. The van der Waals surface area contributed by atoms with Gasteiger partial charge < -0.3 is 11.1 Å². The molecule has 1 rings (SSSR count). The van der Waals surface area contributed by atoms with E-state index in [0.717, 1.165) is 19.4 Å². The van der Waals surface area contributed by atoms with Gasteiger partial charge in [-0.15, -0.1) is 19.0 Å². The van der Waals surface area contributed by atoms with Gasteiger partial charge in [0.15, 0.2) is 0 Å². The van der Waals surface area contributed by atoms with E-state index in [1.807, 2.05) is 0 Å². The number of amides is 3. The van der Waals surface area contributed by atoms with Crippen molar-refractivity contribution in [2.24, 2.45) is 11.7 Å². The summed E-state index contributed by atoms with van der Waals surface area (Å²) in [7, 11) is 0. The number of hydrogen-bond donors (Lipinski definition) is 3. The SMILES string of the molecule is C=CCNC(=O)NC(=O)CN1CCCC(C)C1CN.Cl. The zero-order valence-corrected chi connectivity index (χ0v) is 12.7. The van der Waals surface area contributed by atoms with Crippen LogP contribution in [-0.2, 0) is 4.79 Å². The topological polar surface area (TPSA) is 87.5 Å². The maximum Gasteiger partial charge on any atom is 0.321 e. The predicted molar refractivity (Wildman–Crippen MR) is 81.8 cm³/mol. The number of halogens is 1. The monoisotopic (exact) mass is 304 g/mol. The molecule has 0 aromatic carbocycles. The number of hydrogen-bond acceptors (Lipinski definition) is 4.